The maximum Gasteiger partial charge on any atom is 0.213 e. The number of sulfonamides is 1. The summed E-state index contributed by atoms with van der Waals surface area (Å²) in [6.07, 6.45) is 2.29. The highest BCUT2D eigenvalue weighted by Gasteiger charge is 2.17. The van der Waals surface area contributed by atoms with Crippen LogP contribution in [0.3, 0.4) is 0 Å². The van der Waals surface area contributed by atoms with Crippen molar-refractivity contribution in [3.63, 3.8) is 0 Å². The molecule has 1 atom stereocenters. The van der Waals surface area contributed by atoms with Crippen molar-refractivity contribution in [2.24, 2.45) is 5.14 Å². The first-order valence-corrected chi connectivity index (χ1v) is 11.1. The number of aliphatic hydroxyl groups excluding tert-OH is 1. The summed E-state index contributed by atoms with van der Waals surface area (Å²) in [6, 6.07) is 13.1. The zero-order chi connectivity index (χ0) is 20.9. The number of ether oxygens (including phenoxy) is 1. The molecule has 6 nitrogen and oxygen atoms in total. The zero-order valence-corrected chi connectivity index (χ0v) is 16.8. The molecular formula is C21H25FN2O4S. The standard InChI is InChI=1S/C21H25FN2O4S/c22-19-5-3-17(4-6-19)18-9-11-24(12-10-18)13-20(25)14-28-21-7-1-16(2-8-21)15-29(23,26)27/h1-9,20,25H,10-15H2,(H2,23,26,27). The highest BCUT2D eigenvalue weighted by molar-refractivity contribution is 7.88. The first kappa shape index (κ1) is 21.4. The molecule has 0 saturated carbocycles. The van der Waals surface area contributed by atoms with Gasteiger partial charge in [-0.1, -0.05) is 30.3 Å². The maximum atomic E-state index is 13.0. The van der Waals surface area contributed by atoms with E-state index in [2.05, 4.69) is 11.0 Å². The van der Waals surface area contributed by atoms with Gasteiger partial charge in [-0.2, -0.15) is 0 Å². The summed E-state index contributed by atoms with van der Waals surface area (Å²) >= 11 is 0. The fourth-order valence-electron chi connectivity index (χ4n) is 3.26. The molecule has 0 fully saturated rings. The molecule has 0 aliphatic carbocycles. The Bertz CT molecular complexity index is 944. The molecule has 2 aromatic rings. The topological polar surface area (TPSA) is 92.9 Å². The van der Waals surface area contributed by atoms with Crippen molar-refractivity contribution in [2.45, 2.75) is 18.3 Å². The molecule has 0 spiro atoms. The SMILES string of the molecule is NS(=O)(=O)Cc1ccc(OCC(O)CN2CC=C(c3ccc(F)cc3)CC2)cc1. The lowest BCUT2D eigenvalue weighted by molar-refractivity contribution is 0.0717. The second-order valence-corrected chi connectivity index (χ2v) is 8.78. The molecule has 0 aromatic heterocycles. The van der Waals surface area contributed by atoms with Gasteiger partial charge in [-0.3, -0.25) is 4.90 Å². The van der Waals surface area contributed by atoms with E-state index in [-0.39, 0.29) is 18.2 Å². The van der Waals surface area contributed by atoms with E-state index in [1.807, 2.05) is 0 Å². The minimum atomic E-state index is -3.56. The molecule has 1 unspecified atom stereocenters. The quantitative estimate of drug-likeness (QED) is 0.683. The molecule has 8 heteroatoms. The fourth-order valence-corrected chi connectivity index (χ4v) is 3.92. The van der Waals surface area contributed by atoms with Crippen molar-refractivity contribution in [1.82, 2.24) is 4.90 Å². The summed E-state index contributed by atoms with van der Waals surface area (Å²) < 4.78 is 40.8. The van der Waals surface area contributed by atoms with Crippen LogP contribution in [0.25, 0.3) is 5.57 Å². The van der Waals surface area contributed by atoms with Gasteiger partial charge < -0.3 is 9.84 Å². The van der Waals surface area contributed by atoms with Gasteiger partial charge in [-0.15, -0.1) is 0 Å². The molecule has 0 amide bonds. The number of hydrogen-bond donors (Lipinski definition) is 2. The number of halogens is 1. The molecule has 3 rings (SSSR count). The number of hydrogen-bond acceptors (Lipinski definition) is 5. The van der Waals surface area contributed by atoms with Crippen LogP contribution >= 0.6 is 0 Å². The van der Waals surface area contributed by atoms with Crippen molar-refractivity contribution in [3.05, 3.63) is 71.6 Å². The molecule has 29 heavy (non-hydrogen) atoms. The lowest BCUT2D eigenvalue weighted by Gasteiger charge is -2.28. The minimum Gasteiger partial charge on any atom is -0.491 e. The number of aliphatic hydroxyl groups is 1. The van der Waals surface area contributed by atoms with Crippen molar-refractivity contribution < 1.29 is 22.7 Å². The summed E-state index contributed by atoms with van der Waals surface area (Å²) in [5.74, 6) is 0.0893. The van der Waals surface area contributed by atoms with Crippen LogP contribution in [-0.2, 0) is 15.8 Å². The van der Waals surface area contributed by atoms with Crippen molar-refractivity contribution in [1.29, 1.82) is 0 Å². The Labute approximate surface area is 170 Å². The van der Waals surface area contributed by atoms with Gasteiger partial charge in [0.1, 0.15) is 24.3 Å². The van der Waals surface area contributed by atoms with Crippen molar-refractivity contribution >= 4 is 15.6 Å². The molecule has 0 radical (unpaired) electrons. The molecule has 0 bridgehead atoms. The number of nitrogens with zero attached hydrogens (tertiary/aromatic N) is 1. The van der Waals surface area contributed by atoms with E-state index in [9.17, 15) is 17.9 Å². The molecule has 1 heterocycles. The predicted octanol–water partition coefficient (Wildman–Crippen LogP) is 2.14. The van der Waals surface area contributed by atoms with E-state index in [0.717, 1.165) is 18.5 Å². The van der Waals surface area contributed by atoms with E-state index < -0.39 is 16.1 Å². The maximum absolute atomic E-state index is 13.0. The molecule has 0 saturated heterocycles. The highest BCUT2D eigenvalue weighted by Crippen LogP contribution is 2.22. The van der Waals surface area contributed by atoms with E-state index in [1.165, 1.54) is 17.7 Å². The largest absolute Gasteiger partial charge is 0.491 e. The third-order valence-corrected chi connectivity index (χ3v) is 5.45. The lowest BCUT2D eigenvalue weighted by Crippen LogP contribution is -2.38. The van der Waals surface area contributed by atoms with Gasteiger partial charge >= 0.3 is 0 Å². The van der Waals surface area contributed by atoms with Crippen LogP contribution in [0.2, 0.25) is 0 Å². The second-order valence-electron chi connectivity index (χ2n) is 7.16. The second kappa shape index (κ2) is 9.49. The highest BCUT2D eigenvalue weighted by atomic mass is 32.2. The van der Waals surface area contributed by atoms with Crippen molar-refractivity contribution in [3.8, 4) is 5.75 Å². The van der Waals surface area contributed by atoms with Gasteiger partial charge in [0.2, 0.25) is 10.0 Å². The summed E-state index contributed by atoms with van der Waals surface area (Å²) in [5.41, 5.74) is 2.80. The van der Waals surface area contributed by atoms with Crippen LogP contribution < -0.4 is 9.88 Å². The van der Waals surface area contributed by atoms with Gasteiger partial charge in [0, 0.05) is 19.6 Å². The summed E-state index contributed by atoms with van der Waals surface area (Å²) in [5, 5.41) is 15.3. The number of β-amino-alcohol motifs (C(OH)–C–C–N with tert-alkyl or cyclic N) is 1. The average Bonchev–Trinajstić information content (AvgIpc) is 2.68. The summed E-state index contributed by atoms with van der Waals surface area (Å²) in [4.78, 5) is 2.14. The zero-order valence-electron chi connectivity index (χ0n) is 16.0. The number of nitrogens with two attached hydrogens (primary N) is 1. The fraction of sp³-hybridized carbons (Fsp3) is 0.333. The number of rotatable bonds is 8. The number of benzene rings is 2. The van der Waals surface area contributed by atoms with Crippen LogP contribution in [-0.4, -0.2) is 50.8 Å². The van der Waals surface area contributed by atoms with Crippen molar-refractivity contribution in [2.75, 3.05) is 26.2 Å². The monoisotopic (exact) mass is 420 g/mol. The number of primary sulfonamides is 1. The van der Waals surface area contributed by atoms with E-state index in [4.69, 9.17) is 9.88 Å². The molecule has 3 N–H and O–H groups in total. The Kier molecular flexibility index (Phi) is 7.02. The Balaban J connectivity index is 1.44. The van der Waals surface area contributed by atoms with Crippen LogP contribution in [0.1, 0.15) is 17.5 Å². The Morgan fingerprint density at radius 3 is 2.41 bits per heavy atom. The van der Waals surface area contributed by atoms with Gasteiger partial charge in [-0.25, -0.2) is 17.9 Å². The minimum absolute atomic E-state index is 0.138. The smallest absolute Gasteiger partial charge is 0.213 e. The van der Waals surface area contributed by atoms with Gasteiger partial charge in [-0.05, 0) is 47.4 Å². The third kappa shape index (κ3) is 6.93. The Morgan fingerprint density at radius 2 is 1.83 bits per heavy atom. The Hall–Kier alpha value is -2.26. The molecule has 2 aromatic carbocycles. The summed E-state index contributed by atoms with van der Waals surface area (Å²) in [7, 11) is -3.56. The molecule has 1 aliphatic rings. The molecule has 156 valence electrons. The van der Waals surface area contributed by atoms with Crippen LogP contribution in [0.4, 0.5) is 4.39 Å². The van der Waals surface area contributed by atoms with Gasteiger partial charge in [0.25, 0.3) is 0 Å². The van der Waals surface area contributed by atoms with E-state index in [1.54, 1.807) is 36.4 Å². The lowest BCUT2D eigenvalue weighted by atomic mass is 9.99. The predicted molar refractivity (Wildman–Crippen MR) is 110 cm³/mol. The molecule has 1 aliphatic heterocycles. The van der Waals surface area contributed by atoms with Crippen LogP contribution in [0.15, 0.2) is 54.6 Å². The molecular weight excluding hydrogens is 395 g/mol. The Morgan fingerprint density at radius 1 is 1.14 bits per heavy atom. The van der Waals surface area contributed by atoms with E-state index >= 15 is 0 Å². The van der Waals surface area contributed by atoms with Gasteiger partial charge in [0.05, 0.1) is 5.75 Å². The summed E-state index contributed by atoms with van der Waals surface area (Å²) in [6.45, 7) is 2.14. The first-order valence-electron chi connectivity index (χ1n) is 9.36. The van der Waals surface area contributed by atoms with Gasteiger partial charge in [0.15, 0.2) is 0 Å². The van der Waals surface area contributed by atoms with Crippen LogP contribution in [0.5, 0.6) is 5.75 Å². The van der Waals surface area contributed by atoms with Crippen LogP contribution in [0, 0.1) is 5.82 Å². The normalized spacial score (nSPS) is 16.3. The third-order valence-electron chi connectivity index (χ3n) is 4.71. The first-order chi connectivity index (χ1) is 13.8. The average molecular weight is 421 g/mol. The van der Waals surface area contributed by atoms with E-state index in [0.29, 0.717) is 24.4 Å².